The minimum absolute atomic E-state index is 0.215. The van der Waals surface area contributed by atoms with E-state index >= 15 is 0 Å². The van der Waals surface area contributed by atoms with E-state index in [1.165, 1.54) is 0 Å². The second-order valence-electron chi connectivity index (χ2n) is 3.29. The molecule has 0 bridgehead atoms. The van der Waals surface area contributed by atoms with Crippen LogP contribution in [0.4, 0.5) is 0 Å². The number of hydrogen-bond acceptors (Lipinski definition) is 2. The molecule has 13 heavy (non-hydrogen) atoms. The van der Waals surface area contributed by atoms with E-state index in [9.17, 15) is 4.79 Å². The molecule has 0 spiro atoms. The van der Waals surface area contributed by atoms with Gasteiger partial charge in [-0.25, -0.2) is 0 Å². The highest BCUT2D eigenvalue weighted by Gasteiger charge is 2.11. The van der Waals surface area contributed by atoms with Crippen LogP contribution in [0.2, 0.25) is 0 Å². The predicted molar refractivity (Wildman–Crippen MR) is 51.8 cm³/mol. The number of rotatable bonds is 4. The molecule has 0 saturated heterocycles. The topological polar surface area (TPSA) is 34.9 Å². The molecule has 0 N–H and O–H groups in total. The molecular weight excluding hydrogens is 164 g/mol. The maximum absolute atomic E-state index is 11.6. The molecule has 3 heteroatoms. The number of Topliss-reactive ketones (excluding diaryl/α,β-unsaturated/α-hetero) is 1. The smallest absolute Gasteiger partial charge is 0.166 e. The highest BCUT2D eigenvalue weighted by atomic mass is 16.1. The molecular formula is C10H16N2O. The first-order chi connectivity index (χ1) is 6.16. The first-order valence-electron chi connectivity index (χ1n) is 4.68. The highest BCUT2D eigenvalue weighted by molar-refractivity contribution is 5.96. The summed E-state index contributed by atoms with van der Waals surface area (Å²) in [6.07, 6.45) is 4.33. The van der Waals surface area contributed by atoms with E-state index in [4.69, 9.17) is 0 Å². The van der Waals surface area contributed by atoms with Crippen molar-refractivity contribution >= 4 is 5.78 Å². The van der Waals surface area contributed by atoms with Crippen molar-refractivity contribution in [2.45, 2.75) is 33.1 Å². The Labute approximate surface area is 78.8 Å². The summed E-state index contributed by atoms with van der Waals surface area (Å²) < 4.78 is 1.74. The van der Waals surface area contributed by atoms with Crippen LogP contribution in [-0.4, -0.2) is 15.6 Å². The number of ketones is 1. The van der Waals surface area contributed by atoms with Gasteiger partial charge in [0.2, 0.25) is 0 Å². The SMILES string of the molecule is CCCCC(=O)c1cnn(C)c1C. The quantitative estimate of drug-likeness (QED) is 0.665. The monoisotopic (exact) mass is 180 g/mol. The fraction of sp³-hybridized carbons (Fsp3) is 0.600. The van der Waals surface area contributed by atoms with Crippen LogP contribution >= 0.6 is 0 Å². The van der Waals surface area contributed by atoms with Gasteiger partial charge >= 0.3 is 0 Å². The largest absolute Gasteiger partial charge is 0.294 e. The Morgan fingerprint density at radius 3 is 2.77 bits per heavy atom. The van der Waals surface area contributed by atoms with Gasteiger partial charge in [-0.05, 0) is 13.3 Å². The number of unbranched alkanes of at least 4 members (excludes halogenated alkanes) is 1. The zero-order chi connectivity index (χ0) is 9.84. The van der Waals surface area contributed by atoms with Gasteiger partial charge in [-0.1, -0.05) is 13.3 Å². The third kappa shape index (κ3) is 2.17. The summed E-state index contributed by atoms with van der Waals surface area (Å²) in [4.78, 5) is 11.6. The number of aromatic nitrogens is 2. The van der Waals surface area contributed by atoms with Crippen LogP contribution in [0, 0.1) is 6.92 Å². The van der Waals surface area contributed by atoms with Crippen LogP contribution in [0.5, 0.6) is 0 Å². The Balaban J connectivity index is 2.71. The molecule has 0 radical (unpaired) electrons. The van der Waals surface area contributed by atoms with Crippen LogP contribution in [0.15, 0.2) is 6.20 Å². The van der Waals surface area contributed by atoms with Crippen molar-refractivity contribution in [3.05, 3.63) is 17.5 Å². The molecule has 0 fully saturated rings. The molecule has 0 unspecified atom stereocenters. The Morgan fingerprint density at radius 1 is 1.62 bits per heavy atom. The predicted octanol–water partition coefficient (Wildman–Crippen LogP) is 2.10. The fourth-order valence-electron chi connectivity index (χ4n) is 1.24. The minimum Gasteiger partial charge on any atom is -0.294 e. The number of carbonyl (C=O) groups excluding carboxylic acids is 1. The minimum atomic E-state index is 0.215. The maximum Gasteiger partial charge on any atom is 0.166 e. The summed E-state index contributed by atoms with van der Waals surface area (Å²) >= 11 is 0. The Kier molecular flexibility index (Phi) is 3.23. The molecule has 0 atom stereocenters. The molecule has 0 aliphatic heterocycles. The van der Waals surface area contributed by atoms with Crippen LogP contribution in [0.1, 0.15) is 42.2 Å². The van der Waals surface area contributed by atoms with Gasteiger partial charge in [0.05, 0.1) is 11.8 Å². The van der Waals surface area contributed by atoms with Crippen molar-refractivity contribution in [2.75, 3.05) is 0 Å². The maximum atomic E-state index is 11.6. The fourth-order valence-corrected chi connectivity index (χ4v) is 1.24. The molecule has 1 rings (SSSR count). The summed E-state index contributed by atoms with van der Waals surface area (Å²) in [5.74, 6) is 0.215. The van der Waals surface area contributed by atoms with Gasteiger partial charge < -0.3 is 0 Å². The second kappa shape index (κ2) is 4.21. The Morgan fingerprint density at radius 2 is 2.31 bits per heavy atom. The van der Waals surface area contributed by atoms with Crippen LogP contribution in [0.3, 0.4) is 0 Å². The Bertz CT molecular complexity index is 302. The number of aryl methyl sites for hydroxylation is 1. The molecule has 3 nitrogen and oxygen atoms in total. The zero-order valence-corrected chi connectivity index (χ0v) is 8.50. The van der Waals surface area contributed by atoms with Crippen LogP contribution < -0.4 is 0 Å². The lowest BCUT2D eigenvalue weighted by Crippen LogP contribution is -2.01. The van der Waals surface area contributed by atoms with Gasteiger partial charge in [0.25, 0.3) is 0 Å². The van der Waals surface area contributed by atoms with Crippen molar-refractivity contribution in [3.63, 3.8) is 0 Å². The summed E-state index contributed by atoms with van der Waals surface area (Å²) in [6.45, 7) is 4.01. The zero-order valence-electron chi connectivity index (χ0n) is 8.50. The molecule has 1 aromatic rings. The van der Waals surface area contributed by atoms with Gasteiger partial charge in [-0.3, -0.25) is 9.48 Å². The highest BCUT2D eigenvalue weighted by Crippen LogP contribution is 2.10. The van der Waals surface area contributed by atoms with Crippen molar-refractivity contribution in [3.8, 4) is 0 Å². The van der Waals surface area contributed by atoms with E-state index < -0.39 is 0 Å². The lowest BCUT2D eigenvalue weighted by atomic mass is 10.1. The van der Waals surface area contributed by atoms with E-state index in [1.54, 1.807) is 10.9 Å². The van der Waals surface area contributed by atoms with E-state index in [0.29, 0.717) is 6.42 Å². The standard InChI is InChI=1S/C10H16N2O/c1-4-5-6-10(13)9-7-11-12(3)8(9)2/h7H,4-6H2,1-3H3. The molecule has 0 saturated carbocycles. The lowest BCUT2D eigenvalue weighted by molar-refractivity contribution is 0.0979. The average Bonchev–Trinajstić information content (AvgIpc) is 2.44. The first kappa shape index (κ1) is 9.96. The number of hydrogen-bond donors (Lipinski definition) is 0. The number of nitrogens with zero attached hydrogens (tertiary/aromatic N) is 2. The number of carbonyl (C=O) groups is 1. The molecule has 0 aliphatic carbocycles. The van der Waals surface area contributed by atoms with Gasteiger partial charge in [0.1, 0.15) is 0 Å². The van der Waals surface area contributed by atoms with Gasteiger partial charge in [-0.2, -0.15) is 5.10 Å². The van der Waals surface area contributed by atoms with Crippen molar-refractivity contribution in [1.82, 2.24) is 9.78 Å². The average molecular weight is 180 g/mol. The molecule has 0 amide bonds. The van der Waals surface area contributed by atoms with E-state index in [0.717, 1.165) is 24.1 Å². The lowest BCUT2D eigenvalue weighted by Gasteiger charge is -1.98. The summed E-state index contributed by atoms with van der Waals surface area (Å²) in [7, 11) is 1.85. The van der Waals surface area contributed by atoms with E-state index in [1.807, 2.05) is 14.0 Å². The van der Waals surface area contributed by atoms with Gasteiger partial charge in [0, 0.05) is 19.2 Å². The van der Waals surface area contributed by atoms with Crippen LogP contribution in [-0.2, 0) is 7.05 Å². The molecule has 1 heterocycles. The second-order valence-corrected chi connectivity index (χ2v) is 3.29. The van der Waals surface area contributed by atoms with Gasteiger partial charge in [0.15, 0.2) is 5.78 Å². The van der Waals surface area contributed by atoms with Crippen LogP contribution in [0.25, 0.3) is 0 Å². The third-order valence-corrected chi connectivity index (χ3v) is 2.29. The summed E-state index contributed by atoms with van der Waals surface area (Å²) in [5.41, 5.74) is 1.73. The van der Waals surface area contributed by atoms with Crippen molar-refractivity contribution in [1.29, 1.82) is 0 Å². The Hall–Kier alpha value is -1.12. The molecule has 72 valence electrons. The van der Waals surface area contributed by atoms with Crippen molar-refractivity contribution < 1.29 is 4.79 Å². The normalized spacial score (nSPS) is 10.4. The first-order valence-corrected chi connectivity index (χ1v) is 4.68. The third-order valence-electron chi connectivity index (χ3n) is 2.29. The summed E-state index contributed by atoms with van der Waals surface area (Å²) in [5, 5.41) is 4.04. The molecule has 0 aliphatic rings. The van der Waals surface area contributed by atoms with Gasteiger partial charge in [-0.15, -0.1) is 0 Å². The molecule has 0 aromatic carbocycles. The van der Waals surface area contributed by atoms with E-state index in [2.05, 4.69) is 12.0 Å². The summed E-state index contributed by atoms with van der Waals surface area (Å²) in [6, 6.07) is 0. The molecule has 1 aromatic heterocycles. The van der Waals surface area contributed by atoms with E-state index in [-0.39, 0.29) is 5.78 Å². The van der Waals surface area contributed by atoms with Crippen molar-refractivity contribution in [2.24, 2.45) is 7.05 Å².